The van der Waals surface area contributed by atoms with Crippen LogP contribution in [-0.2, 0) is 4.74 Å². The predicted octanol–water partition coefficient (Wildman–Crippen LogP) is 3.91. The van der Waals surface area contributed by atoms with E-state index in [2.05, 4.69) is 0 Å². The van der Waals surface area contributed by atoms with Gasteiger partial charge in [0.15, 0.2) is 0 Å². The van der Waals surface area contributed by atoms with Gasteiger partial charge in [0.25, 0.3) is 0 Å². The molecule has 2 aromatic carbocycles. The third-order valence-corrected chi connectivity index (χ3v) is 3.83. The summed E-state index contributed by atoms with van der Waals surface area (Å²) in [6, 6.07) is 13.5. The van der Waals surface area contributed by atoms with E-state index in [4.69, 9.17) is 10.5 Å². The standard InChI is InChI=1S/C16H17NO2S/c1-3-19-16(18)14-10-12(17)6-9-15(14)20-13-7-4-11(2)5-8-13/h4-10H,3,17H2,1-2H3. The normalized spacial score (nSPS) is 10.3. The lowest BCUT2D eigenvalue weighted by molar-refractivity contribution is 0.0522. The van der Waals surface area contributed by atoms with Gasteiger partial charge in [-0.05, 0) is 44.2 Å². The summed E-state index contributed by atoms with van der Waals surface area (Å²) in [7, 11) is 0. The Hall–Kier alpha value is -1.94. The molecule has 0 aliphatic heterocycles. The quantitative estimate of drug-likeness (QED) is 0.684. The van der Waals surface area contributed by atoms with E-state index in [0.29, 0.717) is 17.9 Å². The summed E-state index contributed by atoms with van der Waals surface area (Å²) >= 11 is 1.53. The third-order valence-electron chi connectivity index (χ3n) is 2.75. The van der Waals surface area contributed by atoms with Crippen molar-refractivity contribution in [3.63, 3.8) is 0 Å². The molecule has 0 atom stereocenters. The molecule has 0 aromatic heterocycles. The second-order valence-electron chi connectivity index (χ2n) is 4.39. The number of aryl methyl sites for hydroxylation is 1. The molecule has 2 aromatic rings. The van der Waals surface area contributed by atoms with Crippen LogP contribution >= 0.6 is 11.8 Å². The molecule has 0 saturated heterocycles. The second-order valence-corrected chi connectivity index (χ2v) is 5.51. The molecule has 0 saturated carbocycles. The van der Waals surface area contributed by atoms with Crippen LogP contribution in [0.2, 0.25) is 0 Å². The first-order valence-electron chi connectivity index (χ1n) is 6.41. The lowest BCUT2D eigenvalue weighted by Crippen LogP contribution is -2.06. The zero-order chi connectivity index (χ0) is 14.5. The number of nitrogens with two attached hydrogens (primary N) is 1. The Bertz CT molecular complexity index is 608. The molecule has 0 aliphatic rings. The molecule has 0 spiro atoms. The highest BCUT2D eigenvalue weighted by molar-refractivity contribution is 7.99. The molecular formula is C16H17NO2S. The maximum atomic E-state index is 12.0. The van der Waals surface area contributed by atoms with Gasteiger partial charge in [-0.25, -0.2) is 4.79 Å². The molecule has 0 fully saturated rings. The summed E-state index contributed by atoms with van der Waals surface area (Å²) in [5.74, 6) is -0.339. The number of anilines is 1. The van der Waals surface area contributed by atoms with Gasteiger partial charge < -0.3 is 10.5 Å². The number of nitrogen functional groups attached to an aromatic ring is 1. The number of rotatable bonds is 4. The molecule has 2 rings (SSSR count). The van der Waals surface area contributed by atoms with E-state index in [-0.39, 0.29) is 5.97 Å². The lowest BCUT2D eigenvalue weighted by Gasteiger charge is -2.09. The van der Waals surface area contributed by atoms with E-state index < -0.39 is 0 Å². The Labute approximate surface area is 123 Å². The molecule has 0 radical (unpaired) electrons. The first kappa shape index (κ1) is 14.5. The molecule has 4 heteroatoms. The van der Waals surface area contributed by atoms with E-state index in [1.165, 1.54) is 17.3 Å². The van der Waals surface area contributed by atoms with E-state index in [9.17, 15) is 4.79 Å². The molecular weight excluding hydrogens is 270 g/mol. The maximum absolute atomic E-state index is 12.0. The van der Waals surface area contributed by atoms with Gasteiger partial charge in [0, 0.05) is 15.5 Å². The van der Waals surface area contributed by atoms with Crippen LogP contribution in [0.25, 0.3) is 0 Å². The van der Waals surface area contributed by atoms with Crippen molar-refractivity contribution >= 4 is 23.4 Å². The summed E-state index contributed by atoms with van der Waals surface area (Å²) in [6.07, 6.45) is 0. The SMILES string of the molecule is CCOC(=O)c1cc(N)ccc1Sc1ccc(C)cc1. The lowest BCUT2D eigenvalue weighted by atomic mass is 10.2. The first-order valence-corrected chi connectivity index (χ1v) is 7.23. The molecule has 20 heavy (non-hydrogen) atoms. The van der Waals surface area contributed by atoms with Gasteiger partial charge in [0.1, 0.15) is 0 Å². The largest absolute Gasteiger partial charge is 0.462 e. The van der Waals surface area contributed by atoms with Crippen molar-refractivity contribution in [2.75, 3.05) is 12.3 Å². The van der Waals surface area contributed by atoms with Crippen LogP contribution in [0.3, 0.4) is 0 Å². The Kier molecular flexibility index (Phi) is 4.69. The number of hydrogen-bond donors (Lipinski definition) is 1. The fourth-order valence-electron chi connectivity index (χ4n) is 1.74. The van der Waals surface area contributed by atoms with E-state index >= 15 is 0 Å². The van der Waals surface area contributed by atoms with Crippen LogP contribution in [0.4, 0.5) is 5.69 Å². The van der Waals surface area contributed by atoms with Crippen molar-refractivity contribution in [1.82, 2.24) is 0 Å². The van der Waals surface area contributed by atoms with E-state index in [0.717, 1.165) is 9.79 Å². The minimum atomic E-state index is -0.339. The minimum absolute atomic E-state index is 0.339. The van der Waals surface area contributed by atoms with Gasteiger partial charge >= 0.3 is 5.97 Å². The highest BCUT2D eigenvalue weighted by atomic mass is 32.2. The van der Waals surface area contributed by atoms with Crippen molar-refractivity contribution in [2.24, 2.45) is 0 Å². The number of carbonyl (C=O) groups excluding carboxylic acids is 1. The van der Waals surface area contributed by atoms with Crippen LogP contribution < -0.4 is 5.73 Å². The van der Waals surface area contributed by atoms with E-state index in [1.54, 1.807) is 19.1 Å². The predicted molar refractivity (Wildman–Crippen MR) is 82.1 cm³/mol. The molecule has 0 heterocycles. The van der Waals surface area contributed by atoms with Crippen LogP contribution in [0.1, 0.15) is 22.8 Å². The van der Waals surface area contributed by atoms with Crippen molar-refractivity contribution in [1.29, 1.82) is 0 Å². The van der Waals surface area contributed by atoms with Crippen molar-refractivity contribution in [2.45, 2.75) is 23.6 Å². The Morgan fingerprint density at radius 3 is 2.55 bits per heavy atom. The molecule has 0 bridgehead atoms. The summed E-state index contributed by atoms with van der Waals surface area (Å²) < 4.78 is 5.07. The highest BCUT2D eigenvalue weighted by Crippen LogP contribution is 2.32. The number of hydrogen-bond acceptors (Lipinski definition) is 4. The Morgan fingerprint density at radius 1 is 1.20 bits per heavy atom. The zero-order valence-corrected chi connectivity index (χ0v) is 12.4. The van der Waals surface area contributed by atoms with Crippen LogP contribution in [0, 0.1) is 6.92 Å². The summed E-state index contributed by atoms with van der Waals surface area (Å²) in [5, 5.41) is 0. The third kappa shape index (κ3) is 3.54. The Morgan fingerprint density at radius 2 is 1.90 bits per heavy atom. The molecule has 2 N–H and O–H groups in total. The molecule has 0 unspecified atom stereocenters. The average Bonchev–Trinajstić information content (AvgIpc) is 2.43. The fraction of sp³-hybridized carbons (Fsp3) is 0.188. The zero-order valence-electron chi connectivity index (χ0n) is 11.6. The second kappa shape index (κ2) is 6.48. The minimum Gasteiger partial charge on any atom is -0.462 e. The van der Waals surface area contributed by atoms with Crippen molar-refractivity contribution < 1.29 is 9.53 Å². The average molecular weight is 287 g/mol. The number of esters is 1. The summed E-state index contributed by atoms with van der Waals surface area (Å²) in [4.78, 5) is 13.9. The number of ether oxygens (including phenoxy) is 1. The van der Waals surface area contributed by atoms with Gasteiger partial charge in [-0.1, -0.05) is 29.5 Å². The van der Waals surface area contributed by atoms with Crippen molar-refractivity contribution in [3.05, 3.63) is 53.6 Å². The maximum Gasteiger partial charge on any atom is 0.339 e. The smallest absolute Gasteiger partial charge is 0.339 e. The van der Waals surface area contributed by atoms with Gasteiger partial charge in [-0.15, -0.1) is 0 Å². The van der Waals surface area contributed by atoms with Crippen LogP contribution in [-0.4, -0.2) is 12.6 Å². The fourth-order valence-corrected chi connectivity index (χ4v) is 2.65. The first-order chi connectivity index (χ1) is 9.60. The van der Waals surface area contributed by atoms with Gasteiger partial charge in [-0.3, -0.25) is 0 Å². The highest BCUT2D eigenvalue weighted by Gasteiger charge is 2.14. The van der Waals surface area contributed by atoms with Crippen molar-refractivity contribution in [3.8, 4) is 0 Å². The van der Waals surface area contributed by atoms with Gasteiger partial charge in [-0.2, -0.15) is 0 Å². The number of carbonyl (C=O) groups is 1. The molecule has 3 nitrogen and oxygen atoms in total. The summed E-state index contributed by atoms with van der Waals surface area (Å²) in [6.45, 7) is 4.18. The Balaban J connectivity index is 2.31. The van der Waals surface area contributed by atoms with Crippen LogP contribution in [0.5, 0.6) is 0 Å². The van der Waals surface area contributed by atoms with Gasteiger partial charge in [0.2, 0.25) is 0 Å². The van der Waals surface area contributed by atoms with Crippen LogP contribution in [0.15, 0.2) is 52.3 Å². The molecule has 0 aliphatic carbocycles. The molecule has 0 amide bonds. The topological polar surface area (TPSA) is 52.3 Å². The van der Waals surface area contributed by atoms with E-state index in [1.807, 2.05) is 37.3 Å². The number of benzene rings is 2. The monoisotopic (exact) mass is 287 g/mol. The molecule has 104 valence electrons. The van der Waals surface area contributed by atoms with Gasteiger partial charge in [0.05, 0.1) is 12.2 Å². The summed E-state index contributed by atoms with van der Waals surface area (Å²) in [5.41, 5.74) is 8.03.